The maximum Gasteiger partial charge on any atom is 0.323 e. The zero-order valence-electron chi connectivity index (χ0n) is 13.7. The van der Waals surface area contributed by atoms with Gasteiger partial charge < -0.3 is 30.9 Å². The van der Waals surface area contributed by atoms with Gasteiger partial charge in [0, 0.05) is 35.6 Å². The molecule has 8 heteroatoms. The van der Waals surface area contributed by atoms with E-state index in [-0.39, 0.29) is 17.9 Å². The second-order valence-electron chi connectivity index (χ2n) is 5.10. The third-order valence-corrected chi connectivity index (χ3v) is 3.37. The van der Waals surface area contributed by atoms with Crippen LogP contribution in [-0.4, -0.2) is 36.5 Å². The fraction of sp³-hybridized carbons (Fsp3) is 0.235. The van der Waals surface area contributed by atoms with Gasteiger partial charge in [-0.05, 0) is 18.2 Å². The van der Waals surface area contributed by atoms with E-state index in [2.05, 4.69) is 16.0 Å². The molecule has 0 saturated carbocycles. The third-order valence-electron chi connectivity index (χ3n) is 3.37. The minimum Gasteiger partial charge on any atom is -0.497 e. The molecule has 0 unspecified atom stereocenters. The molecule has 7 nitrogen and oxygen atoms in total. The summed E-state index contributed by atoms with van der Waals surface area (Å²) in [5, 5.41) is 26.2. The van der Waals surface area contributed by atoms with E-state index < -0.39 is 18.5 Å². The van der Waals surface area contributed by atoms with Crippen LogP contribution < -0.4 is 20.7 Å². The highest BCUT2D eigenvalue weighted by Crippen LogP contribution is 2.25. The van der Waals surface area contributed by atoms with E-state index in [1.807, 2.05) is 0 Å². The molecule has 0 bridgehead atoms. The van der Waals surface area contributed by atoms with E-state index in [0.29, 0.717) is 23.7 Å². The summed E-state index contributed by atoms with van der Waals surface area (Å²) in [5.74, 6) is -0.0859. The van der Waals surface area contributed by atoms with Crippen molar-refractivity contribution in [1.82, 2.24) is 0 Å². The lowest BCUT2D eigenvalue weighted by atomic mass is 10.2. The lowest BCUT2D eigenvalue weighted by Gasteiger charge is -2.13. The van der Waals surface area contributed by atoms with E-state index >= 15 is 0 Å². The summed E-state index contributed by atoms with van der Waals surface area (Å²) >= 11 is 0. The average Bonchev–Trinajstić information content (AvgIpc) is 2.59. The van der Waals surface area contributed by atoms with Crippen LogP contribution in [0.1, 0.15) is 5.56 Å². The van der Waals surface area contributed by atoms with Crippen LogP contribution in [0.5, 0.6) is 5.75 Å². The largest absolute Gasteiger partial charge is 0.497 e. The predicted molar refractivity (Wildman–Crippen MR) is 93.5 cm³/mol. The summed E-state index contributed by atoms with van der Waals surface area (Å²) in [4.78, 5) is 12.2. The van der Waals surface area contributed by atoms with Crippen LogP contribution in [0, 0.1) is 5.82 Å². The summed E-state index contributed by atoms with van der Waals surface area (Å²) in [6.45, 7) is -0.220. The molecule has 0 aliphatic heterocycles. The van der Waals surface area contributed by atoms with Crippen molar-refractivity contribution in [3.05, 3.63) is 47.8 Å². The fourth-order valence-corrected chi connectivity index (χ4v) is 2.21. The maximum atomic E-state index is 13.6. The number of methoxy groups -OCH3 is 1. The monoisotopic (exact) mass is 349 g/mol. The van der Waals surface area contributed by atoms with Crippen molar-refractivity contribution < 1.29 is 24.1 Å². The molecule has 5 N–H and O–H groups in total. The van der Waals surface area contributed by atoms with Crippen LogP contribution in [0.15, 0.2) is 36.4 Å². The van der Waals surface area contributed by atoms with Crippen LogP contribution in [0.25, 0.3) is 0 Å². The SMILES string of the molecule is COc1cc(NCCO)cc(NC(=O)Nc2cccc(F)c2CO)c1. The van der Waals surface area contributed by atoms with Crippen LogP contribution in [0.3, 0.4) is 0 Å². The summed E-state index contributed by atoms with van der Waals surface area (Å²) in [5.41, 5.74) is 1.29. The molecule has 134 valence electrons. The zero-order chi connectivity index (χ0) is 18.2. The van der Waals surface area contributed by atoms with E-state index in [1.165, 1.54) is 25.3 Å². The summed E-state index contributed by atoms with van der Waals surface area (Å²) in [7, 11) is 1.50. The fourth-order valence-electron chi connectivity index (χ4n) is 2.21. The predicted octanol–water partition coefficient (Wildman–Crippen LogP) is 2.37. The summed E-state index contributed by atoms with van der Waals surface area (Å²) in [6.07, 6.45) is 0. The molecule has 25 heavy (non-hydrogen) atoms. The second kappa shape index (κ2) is 8.86. The minimum absolute atomic E-state index is 0.00796. The molecule has 2 aromatic carbocycles. The first-order valence-corrected chi connectivity index (χ1v) is 7.57. The van der Waals surface area contributed by atoms with Gasteiger partial charge in [0.25, 0.3) is 0 Å². The number of aliphatic hydroxyl groups excluding tert-OH is 2. The topological polar surface area (TPSA) is 103 Å². The molecule has 2 amide bonds. The molecule has 0 atom stereocenters. The van der Waals surface area contributed by atoms with Crippen LogP contribution in [0.2, 0.25) is 0 Å². The number of carbonyl (C=O) groups excluding carboxylic acids is 1. The number of ether oxygens (including phenoxy) is 1. The van der Waals surface area contributed by atoms with Gasteiger partial charge in [-0.3, -0.25) is 0 Å². The Morgan fingerprint density at radius 3 is 2.60 bits per heavy atom. The number of amides is 2. The smallest absolute Gasteiger partial charge is 0.323 e. The Bertz CT molecular complexity index is 740. The van der Waals surface area contributed by atoms with Gasteiger partial charge in [-0.15, -0.1) is 0 Å². The highest BCUT2D eigenvalue weighted by molar-refractivity contribution is 6.00. The molecule has 0 spiro atoms. The number of benzene rings is 2. The Morgan fingerprint density at radius 1 is 1.16 bits per heavy atom. The Balaban J connectivity index is 2.13. The van der Waals surface area contributed by atoms with Crippen molar-refractivity contribution in [1.29, 1.82) is 0 Å². The lowest BCUT2D eigenvalue weighted by Crippen LogP contribution is -2.20. The molecular formula is C17H20FN3O4. The number of nitrogens with one attached hydrogen (secondary N) is 3. The van der Waals surface area contributed by atoms with Crippen molar-refractivity contribution in [2.24, 2.45) is 0 Å². The molecule has 0 fully saturated rings. The van der Waals surface area contributed by atoms with Gasteiger partial charge in [0.15, 0.2) is 0 Å². The number of hydrogen-bond donors (Lipinski definition) is 5. The summed E-state index contributed by atoms with van der Waals surface area (Å²) < 4.78 is 18.8. The van der Waals surface area contributed by atoms with Crippen molar-refractivity contribution in [2.45, 2.75) is 6.61 Å². The van der Waals surface area contributed by atoms with E-state index in [4.69, 9.17) is 9.84 Å². The molecule has 0 aliphatic rings. The van der Waals surface area contributed by atoms with Crippen LogP contribution in [-0.2, 0) is 6.61 Å². The zero-order valence-corrected chi connectivity index (χ0v) is 13.7. The van der Waals surface area contributed by atoms with Gasteiger partial charge in [-0.1, -0.05) is 6.07 Å². The molecule has 2 rings (SSSR count). The van der Waals surface area contributed by atoms with Crippen LogP contribution >= 0.6 is 0 Å². The first-order chi connectivity index (χ1) is 12.1. The number of urea groups is 1. The molecule has 0 aliphatic carbocycles. The molecule has 0 saturated heterocycles. The van der Waals surface area contributed by atoms with Gasteiger partial charge in [0.05, 0.1) is 26.0 Å². The van der Waals surface area contributed by atoms with E-state index in [9.17, 15) is 14.3 Å². The highest BCUT2D eigenvalue weighted by Gasteiger charge is 2.11. The number of aliphatic hydroxyl groups is 2. The Morgan fingerprint density at radius 2 is 1.92 bits per heavy atom. The Kier molecular flexibility index (Phi) is 6.55. The van der Waals surface area contributed by atoms with Gasteiger partial charge in [-0.25, -0.2) is 9.18 Å². The number of halogens is 1. The maximum absolute atomic E-state index is 13.6. The van der Waals surface area contributed by atoms with Crippen LogP contribution in [0.4, 0.5) is 26.2 Å². The average molecular weight is 349 g/mol. The van der Waals surface area contributed by atoms with Gasteiger partial charge in [-0.2, -0.15) is 0 Å². The summed E-state index contributed by atoms with van der Waals surface area (Å²) in [6, 6.07) is 8.53. The Hall–Kier alpha value is -2.84. The standard InChI is InChI=1S/C17H20FN3O4/c1-25-13-8-11(19-5-6-22)7-12(9-13)20-17(24)21-16-4-2-3-15(18)14(16)10-23/h2-4,7-9,19,22-23H,5-6,10H2,1H3,(H2,20,21,24). The molecule has 0 radical (unpaired) electrons. The number of rotatable bonds is 7. The first kappa shape index (κ1) is 18.5. The molecule has 0 aromatic heterocycles. The minimum atomic E-state index is -0.600. The number of carbonyl (C=O) groups is 1. The normalized spacial score (nSPS) is 10.2. The van der Waals surface area contributed by atoms with E-state index in [0.717, 1.165) is 0 Å². The Labute approximate surface area is 144 Å². The van der Waals surface area contributed by atoms with Crippen molar-refractivity contribution >= 4 is 23.1 Å². The molecule has 0 heterocycles. The van der Waals surface area contributed by atoms with E-state index in [1.54, 1.807) is 18.2 Å². The van der Waals surface area contributed by atoms with Gasteiger partial charge in [0.2, 0.25) is 0 Å². The number of hydrogen-bond acceptors (Lipinski definition) is 5. The molecule has 2 aromatic rings. The lowest BCUT2D eigenvalue weighted by molar-refractivity contribution is 0.261. The van der Waals surface area contributed by atoms with Gasteiger partial charge >= 0.3 is 6.03 Å². The quantitative estimate of drug-likeness (QED) is 0.528. The van der Waals surface area contributed by atoms with Crippen molar-refractivity contribution in [3.8, 4) is 5.75 Å². The highest BCUT2D eigenvalue weighted by atomic mass is 19.1. The van der Waals surface area contributed by atoms with Crippen molar-refractivity contribution in [3.63, 3.8) is 0 Å². The third kappa shape index (κ3) is 5.07. The molecular weight excluding hydrogens is 329 g/mol. The van der Waals surface area contributed by atoms with Gasteiger partial charge in [0.1, 0.15) is 11.6 Å². The second-order valence-corrected chi connectivity index (χ2v) is 5.10. The number of anilines is 3. The van der Waals surface area contributed by atoms with Crippen molar-refractivity contribution in [2.75, 3.05) is 36.2 Å². The first-order valence-electron chi connectivity index (χ1n) is 7.57.